The van der Waals surface area contributed by atoms with Crippen molar-refractivity contribution >= 4 is 0 Å². The zero-order chi connectivity index (χ0) is 17.9. The summed E-state index contributed by atoms with van der Waals surface area (Å²) < 4.78 is 0. The van der Waals surface area contributed by atoms with Crippen LogP contribution in [0.4, 0.5) is 0 Å². The summed E-state index contributed by atoms with van der Waals surface area (Å²) in [4.78, 5) is 0. The van der Waals surface area contributed by atoms with Crippen molar-refractivity contribution < 1.29 is 32.7 Å². The first-order valence-electron chi connectivity index (χ1n) is 8.95. The van der Waals surface area contributed by atoms with Gasteiger partial charge in [0, 0.05) is 32.7 Å². The Morgan fingerprint density at radius 2 is 1.00 bits per heavy atom. The molecule has 0 aromatic heterocycles. The molecule has 0 heterocycles. The van der Waals surface area contributed by atoms with Gasteiger partial charge in [-0.15, -0.1) is 5.56 Å². The van der Waals surface area contributed by atoms with Gasteiger partial charge in [-0.3, -0.25) is 0 Å². The molecule has 0 atom stereocenters. The van der Waals surface area contributed by atoms with Gasteiger partial charge in [-0.25, -0.2) is 0 Å². The van der Waals surface area contributed by atoms with Crippen LogP contribution in [0.1, 0.15) is 11.1 Å². The predicted octanol–water partition coefficient (Wildman–Crippen LogP) is 7.10. The molecule has 0 N–H and O–H groups in total. The monoisotopic (exact) mass is 422 g/mol. The Hall–Kier alpha value is -2.02. The molecular weight excluding hydrogens is 401 g/mol. The first-order valence-corrected chi connectivity index (χ1v) is 8.95. The van der Waals surface area contributed by atoms with Crippen molar-refractivity contribution in [2.24, 2.45) is 0 Å². The summed E-state index contributed by atoms with van der Waals surface area (Å²) in [5, 5.41) is 0. The number of rotatable bonds is 3. The summed E-state index contributed by atoms with van der Waals surface area (Å²) in [6.45, 7) is 4.28. The quantitative estimate of drug-likeness (QED) is 0.309. The van der Waals surface area contributed by atoms with Gasteiger partial charge < -0.3 is 0 Å². The van der Waals surface area contributed by atoms with E-state index in [1.165, 1.54) is 44.5 Å². The van der Waals surface area contributed by atoms with Crippen LogP contribution in [0.15, 0.2) is 91.0 Å². The van der Waals surface area contributed by atoms with Gasteiger partial charge in [0.1, 0.15) is 0 Å². The van der Waals surface area contributed by atoms with E-state index in [1.54, 1.807) is 0 Å². The van der Waals surface area contributed by atoms with Gasteiger partial charge in [-0.1, -0.05) is 77.4 Å². The molecular formula is C26H21Y-. The van der Waals surface area contributed by atoms with E-state index in [2.05, 4.69) is 98.8 Å². The molecule has 4 aromatic rings. The third-order valence-corrected chi connectivity index (χ3v) is 4.68. The van der Waals surface area contributed by atoms with Crippen LogP contribution in [-0.4, -0.2) is 0 Å². The fraction of sp³-hybridized carbons (Fsp3) is 0.0769. The number of aryl methyl sites for hydroxylation is 2. The molecule has 129 valence electrons. The van der Waals surface area contributed by atoms with Crippen molar-refractivity contribution in [2.45, 2.75) is 13.8 Å². The van der Waals surface area contributed by atoms with Crippen LogP contribution in [0.25, 0.3) is 33.4 Å². The van der Waals surface area contributed by atoms with Gasteiger partial charge in [0.2, 0.25) is 0 Å². The largest absolute Gasteiger partial charge is 0.183 e. The van der Waals surface area contributed by atoms with Gasteiger partial charge >= 0.3 is 0 Å². The van der Waals surface area contributed by atoms with Crippen LogP contribution >= 0.6 is 0 Å². The van der Waals surface area contributed by atoms with Gasteiger partial charge in [0.15, 0.2) is 0 Å². The van der Waals surface area contributed by atoms with E-state index in [9.17, 15) is 0 Å². The van der Waals surface area contributed by atoms with Crippen molar-refractivity contribution in [3.05, 3.63) is 108 Å². The molecule has 0 saturated heterocycles. The summed E-state index contributed by atoms with van der Waals surface area (Å²) in [7, 11) is 0. The van der Waals surface area contributed by atoms with E-state index in [1.807, 2.05) is 12.1 Å². The average molecular weight is 422 g/mol. The summed E-state index contributed by atoms with van der Waals surface area (Å²) in [6.07, 6.45) is 0. The maximum absolute atomic E-state index is 3.20. The second-order valence-electron chi connectivity index (χ2n) is 6.83. The van der Waals surface area contributed by atoms with E-state index < -0.39 is 0 Å². The van der Waals surface area contributed by atoms with Crippen molar-refractivity contribution in [1.29, 1.82) is 0 Å². The van der Waals surface area contributed by atoms with Crippen molar-refractivity contribution in [3.63, 3.8) is 0 Å². The molecule has 0 amide bonds. The van der Waals surface area contributed by atoms with E-state index in [4.69, 9.17) is 0 Å². The minimum Gasteiger partial charge on any atom is -0.183 e. The zero-order valence-electron chi connectivity index (χ0n) is 15.7. The summed E-state index contributed by atoms with van der Waals surface area (Å²) in [5.74, 6) is 0. The molecule has 0 unspecified atom stereocenters. The Morgan fingerprint density at radius 3 is 1.44 bits per heavy atom. The molecule has 4 aromatic carbocycles. The van der Waals surface area contributed by atoms with E-state index in [-0.39, 0.29) is 32.7 Å². The fourth-order valence-corrected chi connectivity index (χ4v) is 3.35. The predicted molar refractivity (Wildman–Crippen MR) is 111 cm³/mol. The molecule has 0 aliphatic heterocycles. The van der Waals surface area contributed by atoms with Gasteiger partial charge in [0.25, 0.3) is 0 Å². The summed E-state index contributed by atoms with van der Waals surface area (Å²) in [5.41, 5.74) is 9.95. The minimum absolute atomic E-state index is 0. The normalized spacial score (nSPS) is 10.3. The smallest absolute Gasteiger partial charge is 0 e. The minimum atomic E-state index is 0. The second kappa shape index (κ2) is 8.78. The topological polar surface area (TPSA) is 0 Å². The Kier molecular flexibility index (Phi) is 6.42. The summed E-state index contributed by atoms with van der Waals surface area (Å²) in [6, 6.07) is 35.6. The molecule has 4 rings (SSSR count). The van der Waals surface area contributed by atoms with Crippen LogP contribution in [0.2, 0.25) is 0 Å². The third kappa shape index (κ3) is 4.64. The first-order chi connectivity index (χ1) is 12.7. The third-order valence-electron chi connectivity index (χ3n) is 4.68. The maximum atomic E-state index is 3.20. The van der Waals surface area contributed by atoms with E-state index in [0.717, 1.165) is 0 Å². The zero-order valence-corrected chi connectivity index (χ0v) is 18.6. The summed E-state index contributed by atoms with van der Waals surface area (Å²) >= 11 is 0. The van der Waals surface area contributed by atoms with E-state index in [0.29, 0.717) is 0 Å². The molecule has 0 bridgehead atoms. The molecule has 0 saturated carbocycles. The van der Waals surface area contributed by atoms with Crippen LogP contribution in [0.5, 0.6) is 0 Å². The molecule has 0 aliphatic carbocycles. The SMILES string of the molecule is Cc1cccc(-c2cc(-c3c[c-]ccc3)cc(-c3cccc(C)c3)c2)c1.[Y]. The van der Waals surface area contributed by atoms with E-state index >= 15 is 0 Å². The second-order valence-corrected chi connectivity index (χ2v) is 6.83. The molecule has 0 spiro atoms. The Morgan fingerprint density at radius 1 is 0.519 bits per heavy atom. The molecule has 0 fully saturated rings. The molecule has 0 nitrogen and oxygen atoms in total. The molecule has 1 heteroatoms. The van der Waals surface area contributed by atoms with Gasteiger partial charge in [0.05, 0.1) is 0 Å². The molecule has 1 radical (unpaired) electrons. The Balaban J connectivity index is 0.00000210. The average Bonchev–Trinajstić information content (AvgIpc) is 2.68. The van der Waals surface area contributed by atoms with Crippen LogP contribution in [-0.2, 0) is 32.7 Å². The fourth-order valence-electron chi connectivity index (χ4n) is 3.35. The standard InChI is InChI=1S/C26H21.Y/c1-19-8-6-12-22(14-19)25-16-24(21-10-4-3-5-11-21)17-26(18-25)23-13-7-9-20(2)15-23;/h3-4,6-18H,1-2H3;/q-1;. The van der Waals surface area contributed by atoms with Crippen molar-refractivity contribution in [2.75, 3.05) is 0 Å². The van der Waals surface area contributed by atoms with Gasteiger partial charge in [-0.05, 0) is 42.2 Å². The van der Waals surface area contributed by atoms with Crippen LogP contribution < -0.4 is 0 Å². The molecule has 27 heavy (non-hydrogen) atoms. The maximum Gasteiger partial charge on any atom is 0 e. The Labute approximate surface area is 187 Å². The Bertz CT molecular complexity index is 985. The van der Waals surface area contributed by atoms with Crippen LogP contribution in [0.3, 0.4) is 0 Å². The van der Waals surface area contributed by atoms with Crippen LogP contribution in [0, 0.1) is 19.9 Å². The number of benzene rings is 4. The molecule has 0 aliphatic rings. The van der Waals surface area contributed by atoms with Crippen molar-refractivity contribution in [3.8, 4) is 33.4 Å². The van der Waals surface area contributed by atoms with Gasteiger partial charge in [-0.2, -0.15) is 30.3 Å². The van der Waals surface area contributed by atoms with Crippen molar-refractivity contribution in [1.82, 2.24) is 0 Å². The number of hydrogen-bond donors (Lipinski definition) is 0. The first kappa shape index (κ1) is 19.7. The number of hydrogen-bond acceptors (Lipinski definition) is 0.